The Balaban J connectivity index is 3.10. The molecule has 0 fully saturated rings. The van der Waals surface area contributed by atoms with Gasteiger partial charge in [-0.1, -0.05) is 11.5 Å². The summed E-state index contributed by atoms with van der Waals surface area (Å²) in [7, 11) is 5.90. The predicted molar refractivity (Wildman–Crippen MR) is 54.3 cm³/mol. The van der Waals surface area contributed by atoms with E-state index in [1.807, 2.05) is 45.0 Å². The summed E-state index contributed by atoms with van der Waals surface area (Å²) in [5.41, 5.74) is 2.91. The second kappa shape index (κ2) is 3.43. The van der Waals surface area contributed by atoms with Gasteiger partial charge in [-0.05, 0) is 12.1 Å². The first-order chi connectivity index (χ1) is 5.65. The zero-order valence-electron chi connectivity index (χ0n) is 7.66. The maximum absolute atomic E-state index is 10.5. The highest BCUT2D eigenvalue weighted by Crippen LogP contribution is 2.08. The number of hydrogen-bond donors (Lipinski definition) is 0. The van der Waals surface area contributed by atoms with E-state index in [4.69, 9.17) is 0 Å². The van der Waals surface area contributed by atoms with E-state index in [1.165, 1.54) is 0 Å². The fourth-order valence-electron chi connectivity index (χ4n) is 1.07. The first-order valence-corrected chi connectivity index (χ1v) is 3.88. The second-order valence-corrected chi connectivity index (χ2v) is 3.05. The summed E-state index contributed by atoms with van der Waals surface area (Å²) >= 11 is 0. The Hall–Kier alpha value is -1.25. The van der Waals surface area contributed by atoms with Crippen molar-refractivity contribution in [1.82, 2.24) is 0 Å². The van der Waals surface area contributed by atoms with Crippen molar-refractivity contribution in [2.24, 2.45) is 0 Å². The molecule has 0 saturated heterocycles. The summed E-state index contributed by atoms with van der Waals surface area (Å²) in [5, 5.41) is 0. The monoisotopic (exact) mass is 161 g/mol. The summed E-state index contributed by atoms with van der Waals surface area (Å²) in [6.07, 6.45) is 0.884. The maximum atomic E-state index is 10.5. The van der Waals surface area contributed by atoms with Gasteiger partial charge in [0.05, 0.1) is 0 Å². The molecule has 0 atom stereocenters. The molecule has 0 aliphatic heterocycles. The first-order valence-electron chi connectivity index (χ1n) is 3.88. The number of benzene rings is 1. The topological polar surface area (TPSA) is 20.3 Å². The highest BCUT2D eigenvalue weighted by Gasteiger charge is 1.99. The molecule has 0 saturated carbocycles. The average molecular weight is 161 g/mol. The molecule has 62 valence electrons. The molecule has 0 aliphatic carbocycles. The number of hydrogen-bond acceptors (Lipinski definition) is 2. The van der Waals surface area contributed by atoms with E-state index in [-0.39, 0.29) is 0 Å². The third-order valence-electron chi connectivity index (χ3n) is 1.90. The van der Waals surface area contributed by atoms with Crippen LogP contribution in [-0.4, -0.2) is 28.2 Å². The van der Waals surface area contributed by atoms with Crippen LogP contribution in [0.5, 0.6) is 0 Å². The molecular weight excluding hydrogens is 149 g/mol. The van der Waals surface area contributed by atoms with Crippen molar-refractivity contribution in [2.75, 3.05) is 19.0 Å². The highest BCUT2D eigenvalue weighted by molar-refractivity contribution is 6.35. The number of aldehydes is 1. The van der Waals surface area contributed by atoms with Gasteiger partial charge >= 0.3 is 0 Å². The van der Waals surface area contributed by atoms with Crippen LogP contribution in [0, 0.1) is 0 Å². The summed E-state index contributed by atoms with van der Waals surface area (Å²) in [4.78, 5) is 12.5. The van der Waals surface area contributed by atoms with E-state index >= 15 is 0 Å². The van der Waals surface area contributed by atoms with E-state index in [9.17, 15) is 4.79 Å². The molecule has 0 N–H and O–H groups in total. The Morgan fingerprint density at radius 2 is 2.08 bits per heavy atom. The Labute approximate surface area is 73.6 Å². The number of carbonyl (C=O) groups is 1. The summed E-state index contributed by atoms with van der Waals surface area (Å²) in [5.74, 6) is 0. The van der Waals surface area contributed by atoms with Crippen molar-refractivity contribution in [3.8, 4) is 0 Å². The van der Waals surface area contributed by atoms with E-state index in [0.717, 1.165) is 23.0 Å². The zero-order valence-corrected chi connectivity index (χ0v) is 7.66. The Morgan fingerprint density at radius 1 is 1.42 bits per heavy atom. The van der Waals surface area contributed by atoms with Crippen LogP contribution in [0.1, 0.15) is 10.4 Å². The maximum Gasteiger partial charge on any atom is 0.149 e. The summed E-state index contributed by atoms with van der Waals surface area (Å²) in [6, 6.07) is 5.79. The van der Waals surface area contributed by atoms with Gasteiger partial charge < -0.3 is 4.90 Å². The Bertz CT molecular complexity index is 297. The van der Waals surface area contributed by atoms with Gasteiger partial charge in [0.15, 0.2) is 0 Å². The molecular formula is C9H12BNO. The molecule has 0 bridgehead atoms. The molecule has 3 heteroatoms. The fourth-order valence-corrected chi connectivity index (χ4v) is 1.07. The van der Waals surface area contributed by atoms with E-state index in [1.54, 1.807) is 0 Å². The molecule has 1 aromatic carbocycles. The lowest BCUT2D eigenvalue weighted by atomic mass is 9.90. The predicted octanol–water partition coefficient (Wildman–Crippen LogP) is -0.176. The largest absolute Gasteiger partial charge is 0.378 e. The van der Waals surface area contributed by atoms with E-state index in [2.05, 4.69) is 0 Å². The minimum Gasteiger partial charge on any atom is -0.378 e. The lowest BCUT2D eigenvalue weighted by molar-refractivity contribution is 0.112. The van der Waals surface area contributed by atoms with Gasteiger partial charge in [0.2, 0.25) is 0 Å². The summed E-state index contributed by atoms with van der Waals surface area (Å²) < 4.78 is 0. The molecule has 0 radical (unpaired) electrons. The van der Waals surface area contributed by atoms with Gasteiger partial charge in [-0.15, -0.1) is 0 Å². The van der Waals surface area contributed by atoms with Crippen LogP contribution in [0.3, 0.4) is 0 Å². The van der Waals surface area contributed by atoms with Crippen LogP contribution in [0.4, 0.5) is 5.69 Å². The van der Waals surface area contributed by atoms with Crippen LogP contribution in [0.15, 0.2) is 18.2 Å². The second-order valence-electron chi connectivity index (χ2n) is 3.05. The normalized spacial score (nSPS) is 9.50. The van der Waals surface area contributed by atoms with Gasteiger partial charge in [-0.2, -0.15) is 0 Å². The molecule has 0 aliphatic rings. The molecule has 1 rings (SSSR count). The van der Waals surface area contributed by atoms with Crippen LogP contribution in [0.2, 0.25) is 0 Å². The number of rotatable bonds is 2. The van der Waals surface area contributed by atoms with Crippen molar-refractivity contribution >= 4 is 25.3 Å². The van der Waals surface area contributed by atoms with Gasteiger partial charge in [0.1, 0.15) is 14.1 Å². The van der Waals surface area contributed by atoms with Crippen molar-refractivity contribution in [3.63, 3.8) is 0 Å². The molecule has 0 amide bonds. The zero-order chi connectivity index (χ0) is 9.14. The molecule has 0 unspecified atom stereocenters. The molecule has 0 heterocycles. The van der Waals surface area contributed by atoms with Crippen molar-refractivity contribution in [2.45, 2.75) is 0 Å². The van der Waals surface area contributed by atoms with E-state index in [0.29, 0.717) is 0 Å². The van der Waals surface area contributed by atoms with Gasteiger partial charge in [-0.25, -0.2) is 0 Å². The lowest BCUT2D eigenvalue weighted by Gasteiger charge is -2.13. The van der Waals surface area contributed by atoms with E-state index < -0.39 is 0 Å². The number of carbonyl (C=O) groups excluding carboxylic acids is 1. The van der Waals surface area contributed by atoms with Crippen LogP contribution >= 0.6 is 0 Å². The van der Waals surface area contributed by atoms with Gasteiger partial charge in [0.25, 0.3) is 0 Å². The van der Waals surface area contributed by atoms with Gasteiger partial charge in [0, 0.05) is 25.3 Å². The van der Waals surface area contributed by atoms with Crippen molar-refractivity contribution < 1.29 is 4.79 Å². The first kappa shape index (κ1) is 8.85. The SMILES string of the molecule is Bc1cc(N(C)C)ccc1C=O. The number of anilines is 1. The Kier molecular flexibility index (Phi) is 2.53. The third-order valence-corrected chi connectivity index (χ3v) is 1.90. The number of nitrogens with zero attached hydrogens (tertiary/aromatic N) is 1. The highest BCUT2D eigenvalue weighted by atomic mass is 16.1. The quantitative estimate of drug-likeness (QED) is 0.443. The van der Waals surface area contributed by atoms with Crippen molar-refractivity contribution in [3.05, 3.63) is 23.8 Å². The molecule has 0 aromatic heterocycles. The van der Waals surface area contributed by atoms with Gasteiger partial charge in [-0.3, -0.25) is 4.79 Å². The van der Waals surface area contributed by atoms with Crippen LogP contribution < -0.4 is 10.4 Å². The molecule has 2 nitrogen and oxygen atoms in total. The van der Waals surface area contributed by atoms with Crippen LogP contribution in [0.25, 0.3) is 0 Å². The average Bonchev–Trinajstić information content (AvgIpc) is 2.04. The molecule has 12 heavy (non-hydrogen) atoms. The van der Waals surface area contributed by atoms with Crippen molar-refractivity contribution in [1.29, 1.82) is 0 Å². The minimum atomic E-state index is 0.764. The fraction of sp³-hybridized carbons (Fsp3) is 0.222. The summed E-state index contributed by atoms with van der Waals surface area (Å²) in [6.45, 7) is 0. The van der Waals surface area contributed by atoms with Crippen LogP contribution in [-0.2, 0) is 0 Å². The third kappa shape index (κ3) is 1.67. The standard InChI is InChI=1S/C9H12BNO/c1-11(2)8-4-3-7(6-12)9(10)5-8/h3-6H,10H2,1-2H3. The lowest BCUT2D eigenvalue weighted by Crippen LogP contribution is -2.15. The smallest absolute Gasteiger partial charge is 0.149 e. The molecule has 0 spiro atoms. The Morgan fingerprint density at radius 3 is 2.50 bits per heavy atom. The minimum absolute atomic E-state index is 0.764. The molecule has 1 aromatic rings.